The maximum Gasteiger partial charge on any atom is 0.192 e. The smallest absolute Gasteiger partial charge is 0.192 e. The fourth-order valence-corrected chi connectivity index (χ4v) is 11.6. The number of hydrogen-bond donors (Lipinski definition) is 1. The first kappa shape index (κ1) is 40.1. The van der Waals surface area contributed by atoms with Crippen molar-refractivity contribution in [2.24, 2.45) is 28.6 Å². The Bertz CT molecular complexity index is 1220. The number of aliphatic hydroxyl groups excluding tert-OH is 1. The van der Waals surface area contributed by atoms with E-state index in [0.717, 1.165) is 12.8 Å². The molecule has 4 saturated carbocycles. The van der Waals surface area contributed by atoms with Crippen LogP contribution in [-0.2, 0) is 8.85 Å². The van der Waals surface area contributed by atoms with E-state index in [-0.39, 0.29) is 33.8 Å². The third-order valence-electron chi connectivity index (χ3n) is 14.6. The minimum atomic E-state index is -1.99. The largest absolute Gasteiger partial charge is 0.413 e. The molecular formula is C43H76O3Si2. The summed E-state index contributed by atoms with van der Waals surface area (Å²) in [7, 11) is -3.92. The van der Waals surface area contributed by atoms with E-state index in [1.54, 1.807) is 5.57 Å². The number of hydrogen-bond acceptors (Lipinski definition) is 3. The van der Waals surface area contributed by atoms with Gasteiger partial charge < -0.3 is 14.0 Å². The van der Waals surface area contributed by atoms with Crippen LogP contribution < -0.4 is 0 Å². The van der Waals surface area contributed by atoms with Crippen LogP contribution in [0.4, 0.5) is 0 Å². The molecule has 3 nitrogen and oxygen atoms in total. The maximum absolute atomic E-state index is 11.1. The predicted octanol–water partition coefficient (Wildman–Crippen LogP) is 12.7. The number of unbranched alkanes of at least 4 members (excludes halogenated alkanes) is 1. The van der Waals surface area contributed by atoms with Crippen LogP contribution in [0, 0.1) is 28.6 Å². The molecule has 48 heavy (non-hydrogen) atoms. The Balaban J connectivity index is 1.54. The minimum Gasteiger partial charge on any atom is -0.413 e. The zero-order valence-electron chi connectivity index (χ0n) is 33.7. The van der Waals surface area contributed by atoms with Crippen molar-refractivity contribution in [1.82, 2.24) is 0 Å². The molecule has 0 aromatic carbocycles. The quantitative estimate of drug-likeness (QED) is 0.163. The van der Waals surface area contributed by atoms with Gasteiger partial charge in [0.2, 0.25) is 0 Å². The zero-order chi connectivity index (χ0) is 35.9. The first-order chi connectivity index (χ1) is 22.1. The number of fused-ring (bicyclic) bond motifs is 1. The van der Waals surface area contributed by atoms with Gasteiger partial charge >= 0.3 is 0 Å². The molecule has 0 heterocycles. The molecule has 5 heteroatoms. The molecular weight excluding hydrogens is 621 g/mol. The molecule has 0 aromatic heterocycles. The zero-order valence-corrected chi connectivity index (χ0v) is 35.7. The van der Waals surface area contributed by atoms with Gasteiger partial charge in [0.15, 0.2) is 16.6 Å². The van der Waals surface area contributed by atoms with Crippen molar-refractivity contribution in [3.8, 4) is 0 Å². The molecule has 274 valence electrons. The highest BCUT2D eigenvalue weighted by atomic mass is 28.4. The first-order valence-corrected chi connectivity index (χ1v) is 25.7. The van der Waals surface area contributed by atoms with E-state index in [0.29, 0.717) is 23.2 Å². The molecule has 4 rings (SSSR count). The molecule has 0 spiro atoms. The average molecular weight is 697 g/mol. The monoisotopic (exact) mass is 697 g/mol. The standard InChI is InChI=1S/C43H76O3Si2/c1-15-16-26-43(27-28-43)39(44)24-19-31(2)36-22-23-37-33(18-17-25-42(36,37)10)20-21-34-29-35(45-47(11,12)40(4,5)6)30-38(32(34)3)46-48(13,14)41(7,8)9/h19-21,24,31,35-39,44H,3,15-18,22-23,25-30H2,1-2,4-14H3/t31-,35-,36-,37+,38+,39-,42-/m1/s1. The Morgan fingerprint density at radius 1 is 0.938 bits per heavy atom. The van der Waals surface area contributed by atoms with Crippen LogP contribution in [0.15, 0.2) is 47.6 Å². The van der Waals surface area contributed by atoms with E-state index in [9.17, 15) is 5.11 Å². The molecule has 0 bridgehead atoms. The number of rotatable bonds is 12. The van der Waals surface area contributed by atoms with Gasteiger partial charge in [-0.2, -0.15) is 0 Å². The molecule has 4 aliphatic rings. The van der Waals surface area contributed by atoms with Crippen molar-refractivity contribution in [3.63, 3.8) is 0 Å². The summed E-state index contributed by atoms with van der Waals surface area (Å²) >= 11 is 0. The van der Waals surface area contributed by atoms with Gasteiger partial charge in [-0.25, -0.2) is 0 Å². The third-order valence-corrected chi connectivity index (χ3v) is 23.6. The topological polar surface area (TPSA) is 38.7 Å². The Labute approximate surface area is 299 Å². The molecule has 0 saturated heterocycles. The molecule has 0 amide bonds. The van der Waals surface area contributed by atoms with Gasteiger partial charge in [-0.1, -0.05) is 112 Å². The highest BCUT2D eigenvalue weighted by molar-refractivity contribution is 6.74. The second kappa shape index (κ2) is 14.7. The molecule has 0 aromatic rings. The molecule has 1 N–H and O–H groups in total. The highest BCUT2D eigenvalue weighted by Gasteiger charge is 2.51. The highest BCUT2D eigenvalue weighted by Crippen LogP contribution is 2.60. The predicted molar refractivity (Wildman–Crippen MR) is 212 cm³/mol. The van der Waals surface area contributed by atoms with Crippen molar-refractivity contribution >= 4 is 16.6 Å². The van der Waals surface area contributed by atoms with Gasteiger partial charge in [0, 0.05) is 6.42 Å². The third kappa shape index (κ3) is 8.65. The molecule has 0 radical (unpaired) electrons. The lowest BCUT2D eigenvalue weighted by atomic mass is 9.61. The second-order valence-corrected chi connectivity index (χ2v) is 29.5. The lowest BCUT2D eigenvalue weighted by Gasteiger charge is -2.45. The van der Waals surface area contributed by atoms with Crippen molar-refractivity contribution < 1.29 is 14.0 Å². The maximum atomic E-state index is 11.1. The lowest BCUT2D eigenvalue weighted by Crippen LogP contribution is -2.49. The van der Waals surface area contributed by atoms with E-state index >= 15 is 0 Å². The Morgan fingerprint density at radius 3 is 2.15 bits per heavy atom. The minimum absolute atomic E-state index is 0.0197. The number of aliphatic hydroxyl groups is 1. The molecule has 4 fully saturated rings. The summed E-state index contributed by atoms with van der Waals surface area (Å²) in [5, 5.41) is 11.5. The van der Waals surface area contributed by atoms with Crippen LogP contribution in [-0.4, -0.2) is 40.1 Å². The van der Waals surface area contributed by atoms with Crippen LogP contribution in [0.2, 0.25) is 36.3 Å². The van der Waals surface area contributed by atoms with Crippen LogP contribution in [0.1, 0.15) is 139 Å². The van der Waals surface area contributed by atoms with Crippen LogP contribution in [0.3, 0.4) is 0 Å². The van der Waals surface area contributed by atoms with Gasteiger partial charge in [-0.3, -0.25) is 0 Å². The van der Waals surface area contributed by atoms with Gasteiger partial charge in [-0.05, 0) is 134 Å². The Kier molecular flexibility index (Phi) is 12.3. The van der Waals surface area contributed by atoms with Crippen LogP contribution in [0.25, 0.3) is 0 Å². The summed E-state index contributed by atoms with van der Waals surface area (Å²) in [6.07, 6.45) is 23.7. The SMILES string of the molecule is C=C1C(=CC=C2CCC[C@]3(C)[C@@H]([C@H](C)C=C[C@@H](O)C4(CCCC)CC4)CC[C@@H]23)C[C@@H](O[Si](C)(C)C(C)(C)C)C[C@@H]1O[Si](C)(C)C(C)(C)C. The summed E-state index contributed by atoms with van der Waals surface area (Å²) in [6.45, 7) is 35.5. The van der Waals surface area contributed by atoms with Gasteiger partial charge in [0.1, 0.15) is 0 Å². The van der Waals surface area contributed by atoms with Crippen molar-refractivity contribution in [3.05, 3.63) is 47.6 Å². The van der Waals surface area contributed by atoms with E-state index in [1.807, 2.05) is 0 Å². The van der Waals surface area contributed by atoms with E-state index in [4.69, 9.17) is 15.4 Å². The Hall–Kier alpha value is -0.726. The van der Waals surface area contributed by atoms with Crippen molar-refractivity contribution in [2.45, 2.75) is 194 Å². The summed E-state index contributed by atoms with van der Waals surface area (Å²) < 4.78 is 14.2. The fourth-order valence-electron chi connectivity index (χ4n) is 8.91. The van der Waals surface area contributed by atoms with Crippen LogP contribution in [0.5, 0.6) is 0 Å². The van der Waals surface area contributed by atoms with E-state index in [2.05, 4.69) is 113 Å². The summed E-state index contributed by atoms with van der Waals surface area (Å²) in [6, 6.07) is 0. The van der Waals surface area contributed by atoms with Crippen LogP contribution >= 0.6 is 0 Å². The van der Waals surface area contributed by atoms with Gasteiger partial charge in [0.05, 0.1) is 18.3 Å². The van der Waals surface area contributed by atoms with Crippen molar-refractivity contribution in [2.75, 3.05) is 0 Å². The summed E-state index contributed by atoms with van der Waals surface area (Å²) in [5.74, 6) is 1.81. The number of allylic oxidation sites excluding steroid dienone is 4. The Morgan fingerprint density at radius 2 is 1.56 bits per heavy atom. The normalized spacial score (nSPS) is 33.0. The van der Waals surface area contributed by atoms with Gasteiger partial charge in [0.25, 0.3) is 0 Å². The fraction of sp³-hybridized carbons (Fsp3) is 0.814. The average Bonchev–Trinajstić information content (AvgIpc) is 3.68. The summed E-state index contributed by atoms with van der Waals surface area (Å²) in [4.78, 5) is 0. The second-order valence-electron chi connectivity index (χ2n) is 20.0. The molecule has 0 unspecified atom stereocenters. The molecule has 0 aliphatic heterocycles. The summed E-state index contributed by atoms with van der Waals surface area (Å²) in [5.41, 5.74) is 4.66. The van der Waals surface area contributed by atoms with E-state index < -0.39 is 16.6 Å². The lowest BCUT2D eigenvalue weighted by molar-refractivity contribution is 0.0969. The molecule has 7 atom stereocenters. The van der Waals surface area contributed by atoms with Gasteiger partial charge in [-0.15, -0.1) is 0 Å². The van der Waals surface area contributed by atoms with E-state index in [1.165, 1.54) is 75.4 Å². The first-order valence-electron chi connectivity index (χ1n) is 19.9. The molecule has 4 aliphatic carbocycles. The van der Waals surface area contributed by atoms with Crippen molar-refractivity contribution in [1.29, 1.82) is 0 Å².